The summed E-state index contributed by atoms with van der Waals surface area (Å²) in [6, 6.07) is 3.07. The minimum Gasteiger partial charge on any atom is -0.370 e. The number of nitrogens with zero attached hydrogens (tertiary/aromatic N) is 3. The van der Waals surface area contributed by atoms with Crippen molar-refractivity contribution >= 4 is 45.0 Å². The second-order valence-corrected chi connectivity index (χ2v) is 16.0. The zero-order chi connectivity index (χ0) is 32.6. The first kappa shape index (κ1) is 35.4. The Kier molecular flexibility index (Phi) is 11.9. The van der Waals surface area contributed by atoms with Gasteiger partial charge in [0.05, 0.1) is 0 Å². The molecule has 11 nitrogen and oxygen atoms in total. The van der Waals surface area contributed by atoms with Crippen LogP contribution in [0.3, 0.4) is 0 Å². The molecule has 1 aromatic carbocycles. The molecule has 1 fully saturated rings. The molecule has 4 amide bonds. The summed E-state index contributed by atoms with van der Waals surface area (Å²) in [5.41, 5.74) is 12.9. The molecule has 1 aromatic rings. The van der Waals surface area contributed by atoms with E-state index in [9.17, 15) is 23.1 Å². The number of nitrogens with one attached hydrogen (secondary N) is 1. The molecule has 0 aliphatic carbocycles. The van der Waals surface area contributed by atoms with Crippen LogP contribution in [0.4, 0.5) is 10.5 Å². The summed E-state index contributed by atoms with van der Waals surface area (Å²) in [5.74, 6) is 0.400. The zero-order valence-electron chi connectivity index (χ0n) is 26.9. The Bertz CT molecular complexity index is 1320. The molecular weight excluding hydrogens is 580 g/mol. The first-order valence-electron chi connectivity index (χ1n) is 15.8. The molecule has 0 aromatic heterocycles. The van der Waals surface area contributed by atoms with Gasteiger partial charge in [-0.05, 0) is 74.4 Å². The van der Waals surface area contributed by atoms with Gasteiger partial charge in [0.15, 0.2) is 0 Å². The maximum atomic E-state index is 13.9. The second kappa shape index (κ2) is 14.8. The van der Waals surface area contributed by atoms with E-state index < -0.39 is 21.1 Å². The summed E-state index contributed by atoms with van der Waals surface area (Å²) in [5, 5.41) is 4.35. The van der Waals surface area contributed by atoms with Crippen LogP contribution in [-0.2, 0) is 19.1 Å². The third-order valence-corrected chi connectivity index (χ3v) is 11.3. The fraction of sp³-hybridized carbons (Fsp3) is 0.625. The Balaban J connectivity index is 1.49. The molecule has 12 heteroatoms. The standard InChI is InChI=1S/C32H52N6O5S/c1-24-22-26(37(3)31(34)41)23-25(2)27(24)16-21-44(4,42,43)38-19-17-32(18-20-38)30(40)35-29(36-32)15-13-11-9-7-5-6-8-10-12-14-28(33)39/h16,21-23H,5-15,17-20H2,1-4H3,(H2,33,39)(H2,34,41)(H,42,43)(H,35,36,40)/b21-16+. The summed E-state index contributed by atoms with van der Waals surface area (Å²) in [7, 11) is -2.73. The molecule has 1 saturated heterocycles. The smallest absolute Gasteiger partial charge is 0.318 e. The number of rotatable bonds is 16. The van der Waals surface area contributed by atoms with Crippen molar-refractivity contribution in [3.8, 4) is 0 Å². The molecule has 2 aliphatic heterocycles. The number of urea groups is 1. The number of hydrogen-bond acceptors (Lipinski definition) is 5. The van der Waals surface area contributed by atoms with E-state index in [1.807, 2.05) is 26.0 Å². The van der Waals surface area contributed by atoms with Crippen molar-refractivity contribution in [2.45, 2.75) is 103 Å². The molecule has 246 valence electrons. The Morgan fingerprint density at radius 2 is 1.55 bits per heavy atom. The highest BCUT2D eigenvalue weighted by Gasteiger charge is 2.47. The fourth-order valence-electron chi connectivity index (χ4n) is 6.02. The van der Waals surface area contributed by atoms with Gasteiger partial charge in [0, 0.05) is 50.3 Å². The quantitative estimate of drug-likeness (QED) is 0.192. The number of aliphatic imine (C=N–C) groups is 1. The largest absolute Gasteiger partial charge is 0.370 e. The zero-order valence-corrected chi connectivity index (χ0v) is 27.7. The SMILES string of the molecule is Cc1cc(N(C)C(N)=O)cc(C)c1/C=C/S(C)(=O)(O)N1CCC2(CC1)N=C(CCCCCCCCCCCC(N)=O)NC2=O. The van der Waals surface area contributed by atoms with Crippen molar-refractivity contribution in [3.05, 3.63) is 34.2 Å². The first-order chi connectivity index (χ1) is 20.6. The van der Waals surface area contributed by atoms with Gasteiger partial charge >= 0.3 is 6.03 Å². The second-order valence-electron chi connectivity index (χ2n) is 12.6. The maximum Gasteiger partial charge on any atom is 0.318 e. The molecule has 44 heavy (non-hydrogen) atoms. The average Bonchev–Trinajstić information content (AvgIpc) is 3.24. The number of amidine groups is 1. The number of hydrogen-bond donors (Lipinski definition) is 4. The lowest BCUT2D eigenvalue weighted by Crippen LogP contribution is -2.56. The lowest BCUT2D eigenvalue weighted by molar-refractivity contribution is -0.125. The van der Waals surface area contributed by atoms with Crippen LogP contribution in [0.2, 0.25) is 0 Å². The highest BCUT2D eigenvalue weighted by atomic mass is 32.3. The topological polar surface area (TPSA) is 171 Å². The minimum atomic E-state index is -4.32. The van der Waals surface area contributed by atoms with Gasteiger partial charge in [0.2, 0.25) is 5.91 Å². The maximum absolute atomic E-state index is 13.9. The van der Waals surface area contributed by atoms with Gasteiger partial charge in [0.25, 0.3) is 5.91 Å². The van der Waals surface area contributed by atoms with Crippen LogP contribution in [-0.4, -0.2) is 68.7 Å². The van der Waals surface area contributed by atoms with E-state index in [0.29, 0.717) is 24.9 Å². The summed E-state index contributed by atoms with van der Waals surface area (Å²) in [4.78, 5) is 41.5. The Hall–Kier alpha value is -3.09. The van der Waals surface area contributed by atoms with Gasteiger partial charge in [0.1, 0.15) is 11.4 Å². The van der Waals surface area contributed by atoms with Crippen molar-refractivity contribution in [1.82, 2.24) is 9.62 Å². The molecule has 3 rings (SSSR count). The predicted molar refractivity (Wildman–Crippen MR) is 179 cm³/mol. The van der Waals surface area contributed by atoms with Crippen LogP contribution in [0.25, 0.3) is 6.08 Å². The van der Waals surface area contributed by atoms with Crippen molar-refractivity contribution in [2.75, 3.05) is 31.3 Å². The van der Waals surface area contributed by atoms with Crippen molar-refractivity contribution < 1.29 is 23.1 Å². The molecule has 2 aliphatic rings. The molecule has 0 atom stereocenters. The number of benzene rings is 1. The average molecular weight is 633 g/mol. The van der Waals surface area contributed by atoms with Crippen molar-refractivity contribution in [1.29, 1.82) is 0 Å². The van der Waals surface area contributed by atoms with E-state index in [1.54, 1.807) is 17.4 Å². The van der Waals surface area contributed by atoms with Crippen molar-refractivity contribution in [2.24, 2.45) is 16.5 Å². The molecule has 0 radical (unpaired) electrons. The molecule has 1 spiro atoms. The van der Waals surface area contributed by atoms with Crippen LogP contribution < -0.4 is 21.7 Å². The van der Waals surface area contributed by atoms with Crippen LogP contribution in [0.15, 0.2) is 22.5 Å². The lowest BCUT2D eigenvalue weighted by Gasteiger charge is -2.50. The van der Waals surface area contributed by atoms with E-state index in [1.165, 1.54) is 35.8 Å². The van der Waals surface area contributed by atoms with Gasteiger partial charge in [-0.3, -0.25) is 24.0 Å². The van der Waals surface area contributed by atoms with E-state index >= 15 is 0 Å². The highest BCUT2D eigenvalue weighted by Crippen LogP contribution is 2.37. The Labute approximate surface area is 262 Å². The number of amides is 4. The normalized spacial score (nSPS) is 17.8. The summed E-state index contributed by atoms with van der Waals surface area (Å²) in [6.07, 6.45) is 14.8. The molecule has 0 bridgehead atoms. The number of anilines is 1. The number of piperidine rings is 1. The van der Waals surface area contributed by atoms with Crippen LogP contribution in [0.1, 0.15) is 100 Å². The fourth-order valence-corrected chi connectivity index (χ4v) is 7.71. The van der Waals surface area contributed by atoms with Crippen LogP contribution in [0.5, 0.6) is 0 Å². The van der Waals surface area contributed by atoms with Crippen LogP contribution >= 0.6 is 0 Å². The van der Waals surface area contributed by atoms with Gasteiger partial charge in [-0.25, -0.2) is 9.10 Å². The predicted octanol–water partition coefficient (Wildman–Crippen LogP) is 4.77. The van der Waals surface area contributed by atoms with Crippen molar-refractivity contribution in [3.63, 3.8) is 0 Å². The Morgan fingerprint density at radius 1 is 1.02 bits per heavy atom. The third kappa shape index (κ3) is 9.45. The summed E-state index contributed by atoms with van der Waals surface area (Å²) in [6.45, 7) is 4.31. The molecular formula is C32H52N6O5S. The molecule has 2 heterocycles. The van der Waals surface area contributed by atoms with E-state index in [4.69, 9.17) is 16.5 Å². The van der Waals surface area contributed by atoms with Gasteiger partial charge in [-0.15, -0.1) is 9.53 Å². The van der Waals surface area contributed by atoms with E-state index in [-0.39, 0.29) is 24.9 Å². The third-order valence-electron chi connectivity index (χ3n) is 8.89. The van der Waals surface area contributed by atoms with Gasteiger partial charge in [-0.2, -0.15) is 4.21 Å². The number of nitrogens with two attached hydrogens (primary N) is 2. The number of primary amides is 2. The lowest BCUT2D eigenvalue weighted by atomic mass is 9.89. The number of carbonyl (C=O) groups is 3. The Morgan fingerprint density at radius 3 is 2.07 bits per heavy atom. The minimum absolute atomic E-state index is 0.108. The van der Waals surface area contributed by atoms with Gasteiger partial charge < -0.3 is 16.8 Å². The van der Waals surface area contributed by atoms with E-state index in [2.05, 4.69) is 5.32 Å². The molecule has 6 N–H and O–H groups in total. The molecule has 0 saturated carbocycles. The summed E-state index contributed by atoms with van der Waals surface area (Å²) >= 11 is 0. The number of aryl methyl sites for hydroxylation is 2. The van der Waals surface area contributed by atoms with Gasteiger partial charge in [-0.1, -0.05) is 44.9 Å². The monoisotopic (exact) mass is 632 g/mol. The number of carbonyl (C=O) groups excluding carboxylic acids is 3. The summed E-state index contributed by atoms with van der Waals surface area (Å²) < 4.78 is 26.8. The number of unbranched alkanes of at least 4 members (excludes halogenated alkanes) is 8. The molecule has 0 unspecified atom stereocenters. The highest BCUT2D eigenvalue weighted by molar-refractivity contribution is 8.15. The van der Waals surface area contributed by atoms with E-state index in [0.717, 1.165) is 67.5 Å². The van der Waals surface area contributed by atoms with Crippen LogP contribution in [0, 0.1) is 13.8 Å². The first-order valence-corrected chi connectivity index (χ1v) is 18.1.